The van der Waals surface area contributed by atoms with Gasteiger partial charge in [-0.3, -0.25) is 14.9 Å². The Morgan fingerprint density at radius 2 is 1.85 bits per heavy atom. The average Bonchev–Trinajstić information content (AvgIpc) is 2.63. The van der Waals surface area contributed by atoms with Crippen molar-refractivity contribution in [2.75, 3.05) is 6.61 Å². The third-order valence-corrected chi connectivity index (χ3v) is 4.21. The highest BCUT2D eigenvalue weighted by Gasteiger charge is 2.22. The number of ether oxygens (including phenoxy) is 2. The van der Waals surface area contributed by atoms with Crippen molar-refractivity contribution in [3.05, 3.63) is 38.7 Å². The van der Waals surface area contributed by atoms with Crippen LogP contribution in [0.4, 0.5) is 5.69 Å². The van der Waals surface area contributed by atoms with Gasteiger partial charge in [0.2, 0.25) is 5.75 Å². The molecule has 7 nitrogen and oxygen atoms in total. The highest BCUT2D eigenvalue weighted by atomic mass is 16.6. The van der Waals surface area contributed by atoms with Crippen LogP contribution in [-0.4, -0.2) is 22.2 Å². The largest absolute Gasteiger partial charge is 0.489 e. The molecule has 0 amide bonds. The number of hydrogen-bond donors (Lipinski definition) is 0. The predicted octanol–water partition coefficient (Wildman–Crippen LogP) is 4.68. The third-order valence-electron chi connectivity index (χ3n) is 4.21. The molecular weight excluding hydrogens is 348 g/mol. The fourth-order valence-corrected chi connectivity index (χ4v) is 2.84. The number of benzene rings is 1. The zero-order chi connectivity index (χ0) is 20.0. The van der Waals surface area contributed by atoms with Crippen molar-refractivity contribution in [2.24, 2.45) is 0 Å². The van der Waals surface area contributed by atoms with Gasteiger partial charge in [0.1, 0.15) is 0 Å². The summed E-state index contributed by atoms with van der Waals surface area (Å²) in [6.07, 6.45) is 3.29. The number of aryl methyl sites for hydroxylation is 1. The Hall–Kier alpha value is -2.57. The molecule has 0 atom stereocenters. The van der Waals surface area contributed by atoms with E-state index in [0.717, 1.165) is 25.7 Å². The van der Waals surface area contributed by atoms with Crippen LogP contribution in [0.15, 0.2) is 23.0 Å². The molecule has 0 saturated heterocycles. The molecule has 0 N–H and O–H groups in total. The Balaban J connectivity index is 2.76. The fourth-order valence-electron chi connectivity index (χ4n) is 2.84. The van der Waals surface area contributed by atoms with E-state index in [9.17, 15) is 14.9 Å². The molecule has 0 unspecified atom stereocenters. The Kier molecular flexibility index (Phi) is 7.21. The molecule has 0 spiro atoms. The number of pyridine rings is 1. The SMILES string of the molecule is CCCCOc1c(OC(C)C)c(=O)n(CCCC)c2cc([N+](=O)[O-])ccc12. The number of fused-ring (bicyclic) bond motifs is 1. The minimum Gasteiger partial charge on any atom is -0.489 e. The second-order valence-electron chi connectivity index (χ2n) is 6.80. The van der Waals surface area contributed by atoms with Crippen molar-refractivity contribution >= 4 is 16.6 Å². The van der Waals surface area contributed by atoms with E-state index >= 15 is 0 Å². The summed E-state index contributed by atoms with van der Waals surface area (Å²) in [6, 6.07) is 4.52. The first-order valence-electron chi connectivity index (χ1n) is 9.55. The van der Waals surface area contributed by atoms with Gasteiger partial charge in [0, 0.05) is 24.1 Å². The number of nitrogens with zero attached hydrogens (tertiary/aromatic N) is 2. The molecule has 0 saturated carbocycles. The van der Waals surface area contributed by atoms with Crippen molar-refractivity contribution in [2.45, 2.75) is 66.0 Å². The Morgan fingerprint density at radius 1 is 1.15 bits per heavy atom. The van der Waals surface area contributed by atoms with Crippen LogP contribution in [-0.2, 0) is 6.54 Å². The van der Waals surface area contributed by atoms with E-state index in [1.807, 2.05) is 20.8 Å². The molecule has 1 aromatic heterocycles. The van der Waals surface area contributed by atoms with Gasteiger partial charge < -0.3 is 14.0 Å². The summed E-state index contributed by atoms with van der Waals surface area (Å²) in [7, 11) is 0. The summed E-state index contributed by atoms with van der Waals surface area (Å²) in [5.74, 6) is 0.554. The molecule has 27 heavy (non-hydrogen) atoms. The molecule has 0 aliphatic carbocycles. The van der Waals surface area contributed by atoms with Crippen molar-refractivity contribution in [3.63, 3.8) is 0 Å². The topological polar surface area (TPSA) is 83.6 Å². The van der Waals surface area contributed by atoms with E-state index in [1.165, 1.54) is 12.1 Å². The zero-order valence-corrected chi connectivity index (χ0v) is 16.5. The van der Waals surface area contributed by atoms with Gasteiger partial charge in [-0.05, 0) is 32.8 Å². The molecule has 0 aliphatic rings. The minimum absolute atomic E-state index is 0.0517. The van der Waals surface area contributed by atoms with Crippen LogP contribution in [0.3, 0.4) is 0 Å². The first kappa shape index (κ1) is 20.7. The van der Waals surface area contributed by atoms with Gasteiger partial charge in [-0.1, -0.05) is 26.7 Å². The molecule has 1 heterocycles. The maximum atomic E-state index is 13.1. The summed E-state index contributed by atoms with van der Waals surface area (Å²) >= 11 is 0. The fraction of sp³-hybridized carbons (Fsp3) is 0.550. The number of aromatic nitrogens is 1. The van der Waals surface area contributed by atoms with E-state index in [1.54, 1.807) is 10.6 Å². The lowest BCUT2D eigenvalue weighted by molar-refractivity contribution is -0.384. The van der Waals surface area contributed by atoms with Crippen LogP contribution in [0, 0.1) is 10.1 Å². The lowest BCUT2D eigenvalue weighted by Crippen LogP contribution is -2.25. The molecule has 2 rings (SSSR count). The van der Waals surface area contributed by atoms with Crippen LogP contribution in [0.25, 0.3) is 10.9 Å². The summed E-state index contributed by atoms with van der Waals surface area (Å²) < 4.78 is 13.3. The molecule has 0 aliphatic heterocycles. The number of nitro groups is 1. The summed E-state index contributed by atoms with van der Waals surface area (Å²) in [5.41, 5.74) is 0.145. The van der Waals surface area contributed by atoms with Crippen LogP contribution in [0.5, 0.6) is 11.5 Å². The number of rotatable bonds is 10. The molecule has 7 heteroatoms. The zero-order valence-electron chi connectivity index (χ0n) is 16.5. The van der Waals surface area contributed by atoms with Crippen molar-refractivity contribution in [1.29, 1.82) is 0 Å². The smallest absolute Gasteiger partial charge is 0.297 e. The monoisotopic (exact) mass is 376 g/mol. The molecule has 0 fully saturated rings. The summed E-state index contributed by atoms with van der Waals surface area (Å²) in [6.45, 7) is 8.71. The van der Waals surface area contributed by atoms with Crippen LogP contribution in [0.1, 0.15) is 53.4 Å². The maximum absolute atomic E-state index is 13.1. The van der Waals surface area contributed by atoms with Crippen molar-refractivity contribution in [1.82, 2.24) is 4.57 Å². The Bertz CT molecular complexity index is 858. The molecule has 1 aromatic carbocycles. The van der Waals surface area contributed by atoms with Crippen molar-refractivity contribution < 1.29 is 14.4 Å². The van der Waals surface area contributed by atoms with E-state index < -0.39 is 4.92 Å². The van der Waals surface area contributed by atoms with Gasteiger partial charge in [0.15, 0.2) is 5.75 Å². The van der Waals surface area contributed by atoms with Crippen LogP contribution >= 0.6 is 0 Å². The van der Waals surface area contributed by atoms with Crippen LogP contribution < -0.4 is 15.0 Å². The Morgan fingerprint density at radius 3 is 2.44 bits per heavy atom. The first-order chi connectivity index (χ1) is 12.9. The van der Waals surface area contributed by atoms with Gasteiger partial charge in [-0.25, -0.2) is 0 Å². The van der Waals surface area contributed by atoms with Gasteiger partial charge in [-0.2, -0.15) is 0 Å². The van der Waals surface area contributed by atoms with Gasteiger partial charge in [0.05, 0.1) is 23.2 Å². The van der Waals surface area contributed by atoms with E-state index in [4.69, 9.17) is 9.47 Å². The highest BCUT2D eigenvalue weighted by molar-refractivity contribution is 5.89. The van der Waals surface area contributed by atoms with E-state index in [0.29, 0.717) is 29.8 Å². The Labute approximate surface area is 159 Å². The summed E-state index contributed by atoms with van der Waals surface area (Å²) in [4.78, 5) is 23.9. The number of hydrogen-bond acceptors (Lipinski definition) is 5. The van der Waals surface area contributed by atoms with Gasteiger partial charge in [-0.15, -0.1) is 0 Å². The normalized spacial score (nSPS) is 11.1. The molecule has 148 valence electrons. The number of nitro benzene ring substituents is 1. The lowest BCUT2D eigenvalue weighted by Gasteiger charge is -2.19. The highest BCUT2D eigenvalue weighted by Crippen LogP contribution is 2.35. The van der Waals surface area contributed by atoms with Crippen LogP contribution in [0.2, 0.25) is 0 Å². The molecule has 0 bridgehead atoms. The average molecular weight is 376 g/mol. The minimum atomic E-state index is -0.454. The molecular formula is C20H28N2O5. The second kappa shape index (κ2) is 9.39. The van der Waals surface area contributed by atoms with Gasteiger partial charge >= 0.3 is 0 Å². The standard InChI is InChI=1S/C20H28N2O5/c1-5-7-11-21-17-13-15(22(24)25)9-10-16(17)18(26-12-8-6-2)19(20(21)23)27-14(3)4/h9-10,13-14H,5-8,11-12H2,1-4H3. The van der Waals surface area contributed by atoms with E-state index in [2.05, 4.69) is 6.92 Å². The van der Waals surface area contributed by atoms with E-state index in [-0.39, 0.29) is 23.1 Å². The quantitative estimate of drug-likeness (QED) is 0.342. The second-order valence-corrected chi connectivity index (χ2v) is 6.80. The third kappa shape index (κ3) is 4.78. The van der Waals surface area contributed by atoms with Crippen molar-refractivity contribution in [3.8, 4) is 11.5 Å². The van der Waals surface area contributed by atoms with Gasteiger partial charge in [0.25, 0.3) is 11.2 Å². The lowest BCUT2D eigenvalue weighted by atomic mass is 10.1. The number of unbranched alkanes of at least 4 members (excludes halogenated alkanes) is 2. The maximum Gasteiger partial charge on any atom is 0.297 e. The first-order valence-corrected chi connectivity index (χ1v) is 9.55. The number of non-ortho nitro benzene ring substituents is 1. The predicted molar refractivity (Wildman–Crippen MR) is 106 cm³/mol. The molecule has 2 aromatic rings. The molecule has 0 radical (unpaired) electrons. The summed E-state index contributed by atoms with van der Waals surface area (Å²) in [5, 5.41) is 11.9.